The van der Waals surface area contributed by atoms with Crippen LogP contribution in [0.2, 0.25) is 0 Å². The Bertz CT molecular complexity index is 773. The lowest BCUT2D eigenvalue weighted by Crippen LogP contribution is -2.14. The van der Waals surface area contributed by atoms with Crippen molar-refractivity contribution in [3.05, 3.63) is 47.5 Å². The number of benzene rings is 2. The second kappa shape index (κ2) is 9.83. The summed E-state index contributed by atoms with van der Waals surface area (Å²) in [7, 11) is 3.16. The van der Waals surface area contributed by atoms with Crippen LogP contribution in [0.1, 0.15) is 29.8 Å². The molecule has 0 unspecified atom stereocenters. The molecule has 0 heterocycles. The molecule has 0 atom stereocenters. The smallest absolute Gasteiger partial charge is 0.255 e. The van der Waals surface area contributed by atoms with Gasteiger partial charge in [-0.05, 0) is 56.7 Å². The normalized spacial score (nSPS) is 10.6. The number of methoxy groups -OCH3 is 2. The maximum atomic E-state index is 12.7. The largest absolute Gasteiger partial charge is 0.493 e. The molecule has 2 rings (SSSR count). The zero-order valence-electron chi connectivity index (χ0n) is 16.5. The van der Waals surface area contributed by atoms with E-state index in [0.29, 0.717) is 41.7 Å². The number of ether oxygens (including phenoxy) is 4. The van der Waals surface area contributed by atoms with E-state index in [9.17, 15) is 4.79 Å². The molecule has 1 amide bonds. The highest BCUT2D eigenvalue weighted by molar-refractivity contribution is 6.05. The summed E-state index contributed by atoms with van der Waals surface area (Å²) in [6.45, 7) is 6.70. The summed E-state index contributed by atoms with van der Waals surface area (Å²) in [5.74, 6) is 1.46. The van der Waals surface area contributed by atoms with Gasteiger partial charge in [0, 0.05) is 12.7 Å². The summed E-state index contributed by atoms with van der Waals surface area (Å²) >= 11 is 0. The number of hydrogen-bond acceptors (Lipinski definition) is 5. The van der Waals surface area contributed by atoms with Gasteiger partial charge in [0.25, 0.3) is 5.91 Å². The average molecular weight is 373 g/mol. The van der Waals surface area contributed by atoms with Crippen LogP contribution in [0.15, 0.2) is 36.4 Å². The highest BCUT2D eigenvalue weighted by Crippen LogP contribution is 2.30. The molecule has 6 nitrogen and oxygen atoms in total. The van der Waals surface area contributed by atoms with Crippen LogP contribution in [0.4, 0.5) is 5.69 Å². The van der Waals surface area contributed by atoms with Crippen LogP contribution in [0.3, 0.4) is 0 Å². The monoisotopic (exact) mass is 373 g/mol. The molecule has 0 aliphatic heterocycles. The number of carbonyl (C=O) groups excluding carboxylic acids is 1. The van der Waals surface area contributed by atoms with Gasteiger partial charge >= 0.3 is 0 Å². The molecule has 2 aromatic carbocycles. The van der Waals surface area contributed by atoms with Crippen molar-refractivity contribution in [3.8, 4) is 17.2 Å². The summed E-state index contributed by atoms with van der Waals surface area (Å²) in [5, 5.41) is 2.89. The first-order chi connectivity index (χ1) is 12.9. The van der Waals surface area contributed by atoms with Gasteiger partial charge in [0.1, 0.15) is 12.4 Å². The minimum absolute atomic E-state index is 0.0120. The zero-order chi connectivity index (χ0) is 19.8. The quantitative estimate of drug-likeness (QED) is 0.671. The Morgan fingerprint density at radius 1 is 1.00 bits per heavy atom. The average Bonchev–Trinajstić information content (AvgIpc) is 2.63. The zero-order valence-corrected chi connectivity index (χ0v) is 16.5. The molecule has 0 fully saturated rings. The predicted octanol–water partition coefficient (Wildman–Crippen LogP) is 4.07. The van der Waals surface area contributed by atoms with Crippen molar-refractivity contribution in [2.45, 2.75) is 26.9 Å². The minimum Gasteiger partial charge on any atom is -0.493 e. The maximum absolute atomic E-state index is 12.7. The van der Waals surface area contributed by atoms with Crippen LogP contribution >= 0.6 is 0 Å². The van der Waals surface area contributed by atoms with Gasteiger partial charge in [-0.1, -0.05) is 6.07 Å². The minimum atomic E-state index is -0.259. The van der Waals surface area contributed by atoms with Crippen molar-refractivity contribution >= 4 is 11.6 Å². The summed E-state index contributed by atoms with van der Waals surface area (Å²) in [4.78, 5) is 12.7. The fourth-order valence-electron chi connectivity index (χ4n) is 2.44. The summed E-state index contributed by atoms with van der Waals surface area (Å²) in [6.07, 6.45) is 0.0120. The van der Waals surface area contributed by atoms with Crippen molar-refractivity contribution in [1.29, 1.82) is 0 Å². The van der Waals surface area contributed by atoms with Crippen LogP contribution in [0.5, 0.6) is 17.2 Å². The number of hydrogen-bond donors (Lipinski definition) is 1. The van der Waals surface area contributed by atoms with E-state index in [-0.39, 0.29) is 12.0 Å². The Kier molecular flexibility index (Phi) is 7.49. The molecule has 2 aromatic rings. The standard InChI is InChI=1S/C21H27NO5/c1-14(2)27-18-9-7-16(13-20(18)25-5)21(23)22-17-8-6-15(3)12-19(17)26-11-10-24-4/h6-9,12-14H,10-11H2,1-5H3,(H,22,23). The van der Waals surface area contributed by atoms with Gasteiger partial charge in [-0.3, -0.25) is 4.79 Å². The molecule has 0 aliphatic rings. The van der Waals surface area contributed by atoms with Crippen LogP contribution in [-0.2, 0) is 4.74 Å². The third-order valence-corrected chi connectivity index (χ3v) is 3.72. The highest BCUT2D eigenvalue weighted by atomic mass is 16.5. The Balaban J connectivity index is 2.19. The van der Waals surface area contributed by atoms with Gasteiger partial charge in [0.05, 0.1) is 25.5 Å². The third-order valence-electron chi connectivity index (χ3n) is 3.72. The molecule has 0 radical (unpaired) electrons. The molecule has 27 heavy (non-hydrogen) atoms. The fourth-order valence-corrected chi connectivity index (χ4v) is 2.44. The fraction of sp³-hybridized carbons (Fsp3) is 0.381. The lowest BCUT2D eigenvalue weighted by molar-refractivity contribution is 0.102. The van der Waals surface area contributed by atoms with Gasteiger partial charge < -0.3 is 24.3 Å². The van der Waals surface area contributed by atoms with E-state index >= 15 is 0 Å². The van der Waals surface area contributed by atoms with Crippen LogP contribution < -0.4 is 19.5 Å². The number of nitrogens with one attached hydrogen (secondary N) is 1. The number of carbonyl (C=O) groups is 1. The number of amides is 1. The van der Waals surface area contributed by atoms with Crippen molar-refractivity contribution in [1.82, 2.24) is 0 Å². The molecule has 0 saturated carbocycles. The molecule has 0 spiro atoms. The van der Waals surface area contributed by atoms with Gasteiger partial charge in [-0.2, -0.15) is 0 Å². The molecular formula is C21H27NO5. The molecule has 0 aliphatic carbocycles. The summed E-state index contributed by atoms with van der Waals surface area (Å²) < 4.78 is 21.8. The molecule has 6 heteroatoms. The van der Waals surface area contributed by atoms with Gasteiger partial charge in [0.15, 0.2) is 11.5 Å². The Morgan fingerprint density at radius 2 is 1.78 bits per heavy atom. The number of anilines is 1. The molecular weight excluding hydrogens is 346 g/mol. The van der Waals surface area contributed by atoms with E-state index in [1.807, 2.05) is 39.0 Å². The third kappa shape index (κ3) is 5.89. The highest BCUT2D eigenvalue weighted by Gasteiger charge is 2.14. The first-order valence-corrected chi connectivity index (χ1v) is 8.83. The Morgan fingerprint density at radius 3 is 2.44 bits per heavy atom. The topological polar surface area (TPSA) is 66.0 Å². The molecule has 146 valence electrons. The second-order valence-electron chi connectivity index (χ2n) is 6.33. The first-order valence-electron chi connectivity index (χ1n) is 8.83. The van der Waals surface area contributed by atoms with Crippen LogP contribution in [0, 0.1) is 6.92 Å². The Hall–Kier alpha value is -2.73. The van der Waals surface area contributed by atoms with Crippen molar-refractivity contribution in [2.75, 3.05) is 32.8 Å². The SMILES string of the molecule is COCCOc1cc(C)ccc1NC(=O)c1ccc(OC(C)C)c(OC)c1. The Labute approximate surface area is 160 Å². The maximum Gasteiger partial charge on any atom is 0.255 e. The molecule has 0 aromatic heterocycles. The lowest BCUT2D eigenvalue weighted by Gasteiger charge is -2.15. The van der Waals surface area contributed by atoms with E-state index < -0.39 is 0 Å². The summed E-state index contributed by atoms with van der Waals surface area (Å²) in [6, 6.07) is 10.7. The lowest BCUT2D eigenvalue weighted by atomic mass is 10.1. The van der Waals surface area contributed by atoms with Gasteiger partial charge in [-0.15, -0.1) is 0 Å². The van der Waals surface area contributed by atoms with Crippen LogP contribution in [-0.4, -0.2) is 39.4 Å². The van der Waals surface area contributed by atoms with Gasteiger partial charge in [-0.25, -0.2) is 0 Å². The predicted molar refractivity (Wildman–Crippen MR) is 105 cm³/mol. The molecule has 0 saturated heterocycles. The van der Waals surface area contributed by atoms with Crippen molar-refractivity contribution in [3.63, 3.8) is 0 Å². The summed E-state index contributed by atoms with van der Waals surface area (Å²) in [5.41, 5.74) is 2.10. The van der Waals surface area contributed by atoms with Gasteiger partial charge in [0.2, 0.25) is 0 Å². The molecule has 0 bridgehead atoms. The first kappa shape index (κ1) is 20.6. The van der Waals surface area contributed by atoms with Crippen molar-refractivity contribution in [2.24, 2.45) is 0 Å². The molecule has 1 N–H and O–H groups in total. The van der Waals surface area contributed by atoms with E-state index in [1.165, 1.54) is 0 Å². The van der Waals surface area contributed by atoms with E-state index in [4.69, 9.17) is 18.9 Å². The van der Waals surface area contributed by atoms with E-state index in [0.717, 1.165) is 5.56 Å². The second-order valence-corrected chi connectivity index (χ2v) is 6.33. The van der Waals surface area contributed by atoms with Crippen molar-refractivity contribution < 1.29 is 23.7 Å². The number of aryl methyl sites for hydroxylation is 1. The van der Waals surface area contributed by atoms with Crippen LogP contribution in [0.25, 0.3) is 0 Å². The van der Waals surface area contributed by atoms with E-state index in [1.54, 1.807) is 32.4 Å². The number of rotatable bonds is 9. The van der Waals surface area contributed by atoms with E-state index in [2.05, 4.69) is 5.32 Å².